The average molecular weight is 360 g/mol. The summed E-state index contributed by atoms with van der Waals surface area (Å²) in [5.74, 6) is -0.928. The Balaban J connectivity index is 2.16. The fourth-order valence-electron chi connectivity index (χ4n) is 2.60. The number of aliphatic hydroxyl groups is 1. The lowest BCUT2D eigenvalue weighted by molar-refractivity contribution is 0.0106. The second-order valence-corrected chi connectivity index (χ2v) is 7.24. The minimum Gasteiger partial charge on any atom is -0.444 e. The van der Waals surface area contributed by atoms with Gasteiger partial charge in [0.2, 0.25) is 0 Å². The predicted molar refractivity (Wildman–Crippen MR) is 88.5 cm³/mol. The molecule has 0 aromatic heterocycles. The van der Waals surface area contributed by atoms with E-state index in [0.717, 1.165) is 0 Å². The summed E-state index contributed by atoms with van der Waals surface area (Å²) in [6.07, 6.45) is -0.971. The Morgan fingerprint density at radius 2 is 2.21 bits per heavy atom. The van der Waals surface area contributed by atoms with Crippen LogP contribution < -0.4 is 0 Å². The number of ether oxygens (including phenoxy) is 2. The summed E-state index contributed by atoms with van der Waals surface area (Å²) in [5.41, 5.74) is -0.0144. The standard InChI is InChI=1S/C17H23ClFNO4/c1-17(2,3)24-16(22)20-6-7-23-15(12(9-20)10-21)11-4-5-13(18)14(19)8-11/h4-5,8,12,15,21H,6-7,9-10H2,1-3H3/t12-,15+/m0/s1. The topological polar surface area (TPSA) is 59.0 Å². The van der Waals surface area contributed by atoms with Crippen molar-refractivity contribution in [2.45, 2.75) is 32.5 Å². The fourth-order valence-corrected chi connectivity index (χ4v) is 2.72. The maximum atomic E-state index is 13.7. The fraction of sp³-hybridized carbons (Fsp3) is 0.588. The molecule has 1 fully saturated rings. The van der Waals surface area contributed by atoms with Crippen LogP contribution in [0.1, 0.15) is 32.4 Å². The molecular weight excluding hydrogens is 337 g/mol. The highest BCUT2D eigenvalue weighted by molar-refractivity contribution is 6.30. The molecule has 2 rings (SSSR count). The van der Waals surface area contributed by atoms with Gasteiger partial charge in [0.05, 0.1) is 24.3 Å². The minimum absolute atomic E-state index is 0.0308. The first kappa shape index (κ1) is 19.0. The molecule has 1 heterocycles. The molecule has 0 unspecified atom stereocenters. The van der Waals surface area contributed by atoms with Crippen molar-refractivity contribution in [1.82, 2.24) is 4.90 Å². The number of carbonyl (C=O) groups excluding carboxylic acids is 1. The molecule has 0 aliphatic carbocycles. The Morgan fingerprint density at radius 1 is 1.50 bits per heavy atom. The van der Waals surface area contributed by atoms with Crippen LogP contribution in [0.25, 0.3) is 0 Å². The lowest BCUT2D eigenvalue weighted by Crippen LogP contribution is -2.40. The number of aliphatic hydroxyl groups excluding tert-OH is 1. The van der Waals surface area contributed by atoms with Crippen LogP contribution in [0.3, 0.4) is 0 Å². The van der Waals surface area contributed by atoms with Gasteiger partial charge in [-0.1, -0.05) is 17.7 Å². The highest BCUT2D eigenvalue weighted by Crippen LogP contribution is 2.31. The van der Waals surface area contributed by atoms with Gasteiger partial charge in [-0.2, -0.15) is 0 Å². The maximum Gasteiger partial charge on any atom is 0.410 e. The lowest BCUT2D eigenvalue weighted by atomic mass is 9.96. The Kier molecular flexibility index (Phi) is 6.06. The average Bonchev–Trinajstić information content (AvgIpc) is 2.70. The Labute approximate surface area is 146 Å². The number of hydrogen-bond donors (Lipinski definition) is 1. The van der Waals surface area contributed by atoms with Crippen LogP contribution in [-0.2, 0) is 9.47 Å². The van der Waals surface area contributed by atoms with E-state index in [2.05, 4.69) is 0 Å². The summed E-state index contributed by atoms with van der Waals surface area (Å²) in [4.78, 5) is 13.8. The van der Waals surface area contributed by atoms with Crippen LogP contribution in [0.5, 0.6) is 0 Å². The molecule has 7 heteroatoms. The zero-order valence-corrected chi connectivity index (χ0v) is 14.8. The summed E-state index contributed by atoms with van der Waals surface area (Å²) in [6, 6.07) is 4.43. The van der Waals surface area contributed by atoms with Gasteiger partial charge in [-0.15, -0.1) is 0 Å². The van der Waals surface area contributed by atoms with E-state index in [-0.39, 0.29) is 30.7 Å². The molecular formula is C17H23ClFNO4. The van der Waals surface area contributed by atoms with Gasteiger partial charge < -0.3 is 19.5 Å². The molecule has 1 aliphatic heterocycles. The number of amides is 1. The van der Waals surface area contributed by atoms with Crippen molar-refractivity contribution in [3.05, 3.63) is 34.6 Å². The van der Waals surface area contributed by atoms with Gasteiger partial charge in [0.15, 0.2) is 0 Å². The van der Waals surface area contributed by atoms with E-state index in [1.807, 2.05) is 0 Å². The molecule has 1 aromatic carbocycles. The normalized spacial score (nSPS) is 22.2. The number of halogens is 2. The van der Waals surface area contributed by atoms with Crippen molar-refractivity contribution in [2.75, 3.05) is 26.3 Å². The predicted octanol–water partition coefficient (Wildman–Crippen LogP) is 3.40. The summed E-state index contributed by atoms with van der Waals surface area (Å²) in [5, 5.41) is 9.76. The lowest BCUT2D eigenvalue weighted by Gasteiger charge is -2.28. The van der Waals surface area contributed by atoms with E-state index in [4.69, 9.17) is 21.1 Å². The van der Waals surface area contributed by atoms with Crippen LogP contribution >= 0.6 is 11.6 Å². The summed E-state index contributed by atoms with van der Waals surface area (Å²) >= 11 is 5.71. The van der Waals surface area contributed by atoms with Crippen molar-refractivity contribution in [2.24, 2.45) is 5.92 Å². The van der Waals surface area contributed by atoms with Crippen LogP contribution in [0.2, 0.25) is 5.02 Å². The van der Waals surface area contributed by atoms with Crippen molar-refractivity contribution in [3.63, 3.8) is 0 Å². The first-order chi connectivity index (χ1) is 11.2. The maximum absolute atomic E-state index is 13.7. The van der Waals surface area contributed by atoms with Gasteiger partial charge in [0, 0.05) is 19.0 Å². The van der Waals surface area contributed by atoms with E-state index < -0.39 is 23.6 Å². The first-order valence-corrected chi connectivity index (χ1v) is 8.24. The molecule has 0 saturated carbocycles. The van der Waals surface area contributed by atoms with Crippen LogP contribution in [0, 0.1) is 11.7 Å². The zero-order chi connectivity index (χ0) is 17.9. The zero-order valence-electron chi connectivity index (χ0n) is 14.1. The molecule has 2 atom stereocenters. The summed E-state index contributed by atoms with van der Waals surface area (Å²) in [6.45, 7) is 6.06. The molecule has 1 aromatic rings. The molecule has 0 spiro atoms. The van der Waals surface area contributed by atoms with Gasteiger partial charge in [-0.25, -0.2) is 9.18 Å². The summed E-state index contributed by atoms with van der Waals surface area (Å²) in [7, 11) is 0. The van der Waals surface area contributed by atoms with Gasteiger partial charge in [0.1, 0.15) is 11.4 Å². The second kappa shape index (κ2) is 7.68. The van der Waals surface area contributed by atoms with Gasteiger partial charge in [0.25, 0.3) is 0 Å². The molecule has 134 valence electrons. The highest BCUT2D eigenvalue weighted by atomic mass is 35.5. The molecule has 0 radical (unpaired) electrons. The number of nitrogens with zero attached hydrogens (tertiary/aromatic N) is 1. The van der Waals surface area contributed by atoms with Crippen molar-refractivity contribution < 1.29 is 23.8 Å². The molecule has 1 amide bonds. The van der Waals surface area contributed by atoms with E-state index >= 15 is 0 Å². The van der Waals surface area contributed by atoms with Crippen molar-refractivity contribution in [1.29, 1.82) is 0 Å². The molecule has 5 nitrogen and oxygen atoms in total. The van der Waals surface area contributed by atoms with Crippen LogP contribution in [-0.4, -0.2) is 48.0 Å². The Hall–Kier alpha value is -1.37. The third-order valence-electron chi connectivity index (χ3n) is 3.70. The molecule has 0 bridgehead atoms. The second-order valence-electron chi connectivity index (χ2n) is 6.83. The van der Waals surface area contributed by atoms with Gasteiger partial charge in [-0.3, -0.25) is 0 Å². The monoisotopic (exact) mass is 359 g/mol. The smallest absolute Gasteiger partial charge is 0.410 e. The quantitative estimate of drug-likeness (QED) is 0.879. The SMILES string of the molecule is CC(C)(C)OC(=O)N1CCO[C@H](c2ccc(Cl)c(F)c2)[C@H](CO)C1. The van der Waals surface area contributed by atoms with Gasteiger partial charge >= 0.3 is 6.09 Å². The van der Waals surface area contributed by atoms with E-state index in [1.165, 1.54) is 17.0 Å². The van der Waals surface area contributed by atoms with Gasteiger partial charge in [-0.05, 0) is 38.5 Å². The third kappa shape index (κ3) is 4.82. The van der Waals surface area contributed by atoms with E-state index in [1.54, 1.807) is 26.8 Å². The third-order valence-corrected chi connectivity index (χ3v) is 4.01. The number of carbonyl (C=O) groups is 1. The number of rotatable bonds is 2. The molecule has 1 N–H and O–H groups in total. The first-order valence-electron chi connectivity index (χ1n) is 7.86. The number of benzene rings is 1. The molecule has 1 aliphatic rings. The van der Waals surface area contributed by atoms with Crippen molar-refractivity contribution in [3.8, 4) is 0 Å². The number of hydrogen-bond acceptors (Lipinski definition) is 4. The molecule has 24 heavy (non-hydrogen) atoms. The Morgan fingerprint density at radius 3 is 2.79 bits per heavy atom. The van der Waals surface area contributed by atoms with Crippen LogP contribution in [0.15, 0.2) is 18.2 Å². The summed E-state index contributed by atoms with van der Waals surface area (Å²) < 4.78 is 24.9. The van der Waals surface area contributed by atoms with E-state index in [9.17, 15) is 14.3 Å². The largest absolute Gasteiger partial charge is 0.444 e. The minimum atomic E-state index is -0.600. The Bertz CT molecular complexity index is 590. The van der Waals surface area contributed by atoms with E-state index in [0.29, 0.717) is 12.1 Å². The van der Waals surface area contributed by atoms with Crippen LogP contribution in [0.4, 0.5) is 9.18 Å². The highest BCUT2D eigenvalue weighted by Gasteiger charge is 2.33. The van der Waals surface area contributed by atoms with Crippen molar-refractivity contribution >= 4 is 17.7 Å². The molecule has 1 saturated heterocycles.